The number of nitrogens with zero attached hydrogens (tertiary/aromatic N) is 2. The Bertz CT molecular complexity index is 1270. The van der Waals surface area contributed by atoms with E-state index in [-0.39, 0.29) is 6.04 Å². The zero-order valence-electron chi connectivity index (χ0n) is 21.5. The number of benzene rings is 3. The van der Waals surface area contributed by atoms with Crippen LogP contribution in [0.3, 0.4) is 0 Å². The second-order valence-corrected chi connectivity index (χ2v) is 10.1. The van der Waals surface area contributed by atoms with Gasteiger partial charge in [-0.1, -0.05) is 18.2 Å². The first-order chi connectivity index (χ1) is 17.6. The van der Waals surface area contributed by atoms with Crippen LogP contribution in [0, 0.1) is 0 Å². The molecule has 3 heterocycles. The molecule has 3 aromatic rings. The Hall–Kier alpha value is -3.38. The number of aryl methyl sites for hydroxylation is 1. The summed E-state index contributed by atoms with van der Waals surface area (Å²) in [5, 5.41) is 0. The van der Waals surface area contributed by atoms with Crippen LogP contribution < -0.4 is 23.8 Å². The highest BCUT2D eigenvalue weighted by Gasteiger charge is 2.41. The first-order valence-electron chi connectivity index (χ1n) is 12.7. The van der Waals surface area contributed by atoms with Crippen LogP contribution >= 0.6 is 0 Å². The van der Waals surface area contributed by atoms with E-state index in [1.165, 1.54) is 33.5 Å². The summed E-state index contributed by atoms with van der Waals surface area (Å²) >= 11 is 0. The average molecular weight is 487 g/mol. The van der Waals surface area contributed by atoms with Crippen molar-refractivity contribution in [2.24, 2.45) is 0 Å². The summed E-state index contributed by atoms with van der Waals surface area (Å²) in [6, 6.07) is 18.0. The number of fused-ring (bicyclic) bond motifs is 5. The highest BCUT2D eigenvalue weighted by Crippen LogP contribution is 2.53. The molecule has 3 aliphatic heterocycles. The number of rotatable bonds is 6. The third-order valence-electron chi connectivity index (χ3n) is 8.04. The lowest BCUT2D eigenvalue weighted by Gasteiger charge is -2.46. The van der Waals surface area contributed by atoms with Gasteiger partial charge in [-0.3, -0.25) is 4.90 Å². The fourth-order valence-corrected chi connectivity index (χ4v) is 6.23. The Kier molecular flexibility index (Phi) is 5.92. The van der Waals surface area contributed by atoms with Crippen molar-refractivity contribution >= 4 is 5.69 Å². The van der Waals surface area contributed by atoms with Gasteiger partial charge in [0.25, 0.3) is 0 Å². The first kappa shape index (κ1) is 23.0. The van der Waals surface area contributed by atoms with Gasteiger partial charge in [-0.15, -0.1) is 0 Å². The molecule has 2 unspecified atom stereocenters. The van der Waals surface area contributed by atoms with Gasteiger partial charge in [0.2, 0.25) is 6.79 Å². The highest BCUT2D eigenvalue weighted by atomic mass is 16.7. The van der Waals surface area contributed by atoms with Gasteiger partial charge >= 0.3 is 0 Å². The first-order valence-corrected chi connectivity index (χ1v) is 12.7. The van der Waals surface area contributed by atoms with Gasteiger partial charge in [-0.25, -0.2) is 0 Å². The molecule has 3 aliphatic rings. The number of hydrogen-bond donors (Lipinski definition) is 0. The van der Waals surface area contributed by atoms with Crippen LogP contribution in [0.4, 0.5) is 5.69 Å². The molecule has 0 amide bonds. The lowest BCUT2D eigenvalue weighted by Crippen LogP contribution is -2.42. The number of methoxy groups -OCH3 is 2. The molecule has 0 aliphatic carbocycles. The van der Waals surface area contributed by atoms with E-state index in [1.54, 1.807) is 14.2 Å². The van der Waals surface area contributed by atoms with Gasteiger partial charge in [-0.05, 0) is 71.8 Å². The van der Waals surface area contributed by atoms with Gasteiger partial charge in [0, 0.05) is 50.4 Å². The predicted molar refractivity (Wildman–Crippen MR) is 141 cm³/mol. The molecule has 0 saturated carbocycles. The van der Waals surface area contributed by atoms with E-state index in [1.807, 2.05) is 0 Å². The van der Waals surface area contributed by atoms with Crippen molar-refractivity contribution in [2.45, 2.75) is 37.8 Å². The van der Waals surface area contributed by atoms with Crippen LogP contribution in [-0.2, 0) is 19.4 Å². The van der Waals surface area contributed by atoms with Gasteiger partial charge in [0.15, 0.2) is 23.0 Å². The van der Waals surface area contributed by atoms with E-state index in [4.69, 9.17) is 18.9 Å². The Balaban J connectivity index is 1.41. The molecule has 0 spiro atoms. The molecular formula is C30H34N2O4. The molecule has 0 fully saturated rings. The fraction of sp³-hybridized carbons (Fsp3) is 0.400. The SMILES string of the molecule is COc1ccc2c(c1OC)CN1CCc3cc4c(cc3C1C2CCc1ccc(N(C)C)cc1)OCO4. The van der Waals surface area contributed by atoms with Gasteiger partial charge < -0.3 is 23.8 Å². The molecule has 36 heavy (non-hydrogen) atoms. The van der Waals surface area contributed by atoms with Crippen LogP contribution in [0.5, 0.6) is 23.0 Å². The van der Waals surface area contributed by atoms with Gasteiger partial charge in [-0.2, -0.15) is 0 Å². The maximum atomic E-state index is 5.90. The second-order valence-electron chi connectivity index (χ2n) is 10.1. The molecule has 2 atom stereocenters. The van der Waals surface area contributed by atoms with E-state index in [0.29, 0.717) is 12.7 Å². The highest BCUT2D eigenvalue weighted by molar-refractivity contribution is 5.56. The van der Waals surface area contributed by atoms with E-state index in [9.17, 15) is 0 Å². The molecule has 6 heteroatoms. The topological polar surface area (TPSA) is 43.4 Å². The summed E-state index contributed by atoms with van der Waals surface area (Å²) in [5.41, 5.74) is 7.96. The third-order valence-corrected chi connectivity index (χ3v) is 8.04. The Labute approximate surface area is 213 Å². The summed E-state index contributed by atoms with van der Waals surface area (Å²) in [6.45, 7) is 2.16. The molecule has 0 aromatic heterocycles. The Morgan fingerprint density at radius 3 is 2.44 bits per heavy atom. The van der Waals surface area contributed by atoms with Gasteiger partial charge in [0.1, 0.15) is 0 Å². The molecule has 0 radical (unpaired) electrons. The Morgan fingerprint density at radius 2 is 1.72 bits per heavy atom. The minimum atomic E-state index is 0.287. The monoisotopic (exact) mass is 486 g/mol. The average Bonchev–Trinajstić information content (AvgIpc) is 3.36. The van der Waals surface area contributed by atoms with Crippen molar-refractivity contribution in [1.82, 2.24) is 4.90 Å². The lowest BCUT2D eigenvalue weighted by atomic mass is 9.74. The van der Waals surface area contributed by atoms with Crippen molar-refractivity contribution in [3.05, 3.63) is 76.3 Å². The number of ether oxygens (including phenoxy) is 4. The predicted octanol–water partition coefficient (Wildman–Crippen LogP) is 5.33. The van der Waals surface area contributed by atoms with Gasteiger partial charge in [0.05, 0.1) is 14.2 Å². The van der Waals surface area contributed by atoms with E-state index in [2.05, 4.69) is 72.4 Å². The zero-order valence-corrected chi connectivity index (χ0v) is 21.5. The van der Waals surface area contributed by atoms with Crippen molar-refractivity contribution in [2.75, 3.05) is 46.6 Å². The lowest BCUT2D eigenvalue weighted by molar-refractivity contribution is 0.127. The standard InChI is InChI=1S/C30H34N2O4/c1-31(2)21-8-5-19(6-9-21)7-10-23-22-11-12-26(33-3)30(34-4)25(22)17-32-14-13-20-15-27-28(36-18-35-27)16-24(20)29(23)32/h5-6,8-9,11-12,15-16,23,29H,7,10,13-14,17-18H2,1-4H3. The van der Waals surface area contributed by atoms with Crippen LogP contribution in [0.15, 0.2) is 48.5 Å². The number of anilines is 1. The van der Waals surface area contributed by atoms with Crippen LogP contribution in [0.1, 0.15) is 46.2 Å². The molecular weight excluding hydrogens is 452 g/mol. The van der Waals surface area contributed by atoms with Crippen LogP contribution in [0.2, 0.25) is 0 Å². The molecule has 0 saturated heterocycles. The van der Waals surface area contributed by atoms with Crippen molar-refractivity contribution in [3.63, 3.8) is 0 Å². The van der Waals surface area contributed by atoms with E-state index < -0.39 is 0 Å². The fourth-order valence-electron chi connectivity index (χ4n) is 6.23. The summed E-state index contributed by atoms with van der Waals surface area (Å²) in [4.78, 5) is 4.76. The molecule has 3 aromatic carbocycles. The van der Waals surface area contributed by atoms with Crippen molar-refractivity contribution in [3.8, 4) is 23.0 Å². The molecule has 6 rings (SSSR count). The summed E-state index contributed by atoms with van der Waals surface area (Å²) < 4.78 is 23.1. The van der Waals surface area contributed by atoms with Crippen molar-refractivity contribution < 1.29 is 18.9 Å². The molecule has 0 bridgehead atoms. The largest absolute Gasteiger partial charge is 0.493 e. The van der Waals surface area contributed by atoms with Crippen LogP contribution in [0.25, 0.3) is 0 Å². The minimum Gasteiger partial charge on any atom is -0.493 e. The smallest absolute Gasteiger partial charge is 0.231 e. The zero-order chi connectivity index (χ0) is 24.8. The quantitative estimate of drug-likeness (QED) is 0.469. The minimum absolute atomic E-state index is 0.287. The summed E-state index contributed by atoms with van der Waals surface area (Å²) in [5.74, 6) is 3.73. The second kappa shape index (κ2) is 9.25. The van der Waals surface area contributed by atoms with Crippen LogP contribution in [-0.4, -0.2) is 46.6 Å². The molecule has 6 nitrogen and oxygen atoms in total. The molecule has 0 N–H and O–H groups in total. The molecule has 188 valence electrons. The van der Waals surface area contributed by atoms with E-state index >= 15 is 0 Å². The maximum absolute atomic E-state index is 5.90. The van der Waals surface area contributed by atoms with Crippen molar-refractivity contribution in [1.29, 1.82) is 0 Å². The normalized spacial score (nSPS) is 19.8. The number of hydrogen-bond acceptors (Lipinski definition) is 6. The van der Waals surface area contributed by atoms with E-state index in [0.717, 1.165) is 55.4 Å². The summed E-state index contributed by atoms with van der Waals surface area (Å²) in [7, 11) is 7.62. The third kappa shape index (κ3) is 3.84. The summed E-state index contributed by atoms with van der Waals surface area (Å²) in [6.07, 6.45) is 3.05. The maximum Gasteiger partial charge on any atom is 0.231 e. The Morgan fingerprint density at radius 1 is 0.944 bits per heavy atom.